The Morgan fingerprint density at radius 1 is 0.775 bits per heavy atom. The summed E-state index contributed by atoms with van der Waals surface area (Å²) in [5, 5.41) is 0. The van der Waals surface area contributed by atoms with E-state index in [1.54, 1.807) is 0 Å². The van der Waals surface area contributed by atoms with Gasteiger partial charge in [-0.1, -0.05) is 72.8 Å². The van der Waals surface area contributed by atoms with Gasteiger partial charge in [-0.25, -0.2) is 0 Å². The van der Waals surface area contributed by atoms with Gasteiger partial charge in [-0.05, 0) is 60.6 Å². The molecule has 1 fully saturated rings. The summed E-state index contributed by atoms with van der Waals surface area (Å²) in [5.74, 6) is 1.01. The summed E-state index contributed by atoms with van der Waals surface area (Å²) in [6, 6.07) is 33.0. The number of carbonyl (C=O) groups excluding carboxylic acids is 1. The second kappa shape index (κ2) is 13.2. The molecule has 0 spiro atoms. The van der Waals surface area contributed by atoms with Crippen LogP contribution in [0.1, 0.15) is 36.8 Å². The zero-order chi connectivity index (χ0) is 27.7. The smallest absolute Gasteiger partial charge is 0.308 e. The molecule has 3 aromatic carbocycles. The highest BCUT2D eigenvalue weighted by molar-refractivity contribution is 5.73. The third-order valence-electron chi connectivity index (χ3n) is 7.65. The number of carbonyl (C=O) groups is 1. The van der Waals surface area contributed by atoms with E-state index in [4.69, 9.17) is 19.2 Å². The Bertz CT molecular complexity index is 1370. The van der Waals surface area contributed by atoms with Gasteiger partial charge in [0.05, 0.1) is 13.0 Å². The number of esters is 1. The average Bonchev–Trinajstić information content (AvgIpc) is 3.03. The van der Waals surface area contributed by atoms with Gasteiger partial charge in [0.1, 0.15) is 13.2 Å². The van der Waals surface area contributed by atoms with Crippen LogP contribution >= 0.6 is 0 Å². The lowest BCUT2D eigenvalue weighted by Gasteiger charge is -2.35. The highest BCUT2D eigenvalue weighted by Crippen LogP contribution is 2.34. The Morgan fingerprint density at radius 2 is 1.38 bits per heavy atom. The SMILES string of the molecule is COC(=O)C1CCC(N(C)c2ccc(-c3ccc(OCc4ccccc4)nc3OCc3ccccc3)cc2)CC1. The molecule has 5 rings (SSSR count). The zero-order valence-corrected chi connectivity index (χ0v) is 23.2. The molecule has 6 nitrogen and oxygen atoms in total. The Hall–Kier alpha value is -4.32. The molecule has 0 N–H and O–H groups in total. The molecular formula is C34H36N2O4. The lowest BCUT2D eigenvalue weighted by atomic mass is 9.85. The van der Waals surface area contributed by atoms with Crippen LogP contribution in [-0.4, -0.2) is 31.2 Å². The fourth-order valence-corrected chi connectivity index (χ4v) is 5.24. The molecule has 0 aliphatic heterocycles. The number of aromatic nitrogens is 1. The fourth-order valence-electron chi connectivity index (χ4n) is 5.24. The Labute approximate surface area is 236 Å². The molecule has 1 aromatic heterocycles. The van der Waals surface area contributed by atoms with Crippen molar-refractivity contribution < 1.29 is 19.0 Å². The largest absolute Gasteiger partial charge is 0.473 e. The topological polar surface area (TPSA) is 60.9 Å². The van der Waals surface area contributed by atoms with E-state index in [0.717, 1.165) is 53.6 Å². The number of ether oxygens (including phenoxy) is 3. The number of nitrogens with zero attached hydrogens (tertiary/aromatic N) is 2. The monoisotopic (exact) mass is 536 g/mol. The van der Waals surface area contributed by atoms with Crippen molar-refractivity contribution in [3.8, 4) is 22.9 Å². The first-order valence-electron chi connectivity index (χ1n) is 13.9. The normalized spacial score (nSPS) is 16.6. The number of rotatable bonds is 10. The molecule has 0 amide bonds. The van der Waals surface area contributed by atoms with Crippen LogP contribution in [0.4, 0.5) is 5.69 Å². The summed E-state index contributed by atoms with van der Waals surface area (Å²) in [4.78, 5) is 19.0. The van der Waals surface area contributed by atoms with E-state index in [0.29, 0.717) is 31.0 Å². The van der Waals surface area contributed by atoms with Crippen LogP contribution in [0.2, 0.25) is 0 Å². The number of hydrogen-bond acceptors (Lipinski definition) is 6. The van der Waals surface area contributed by atoms with Crippen molar-refractivity contribution in [1.82, 2.24) is 4.98 Å². The minimum absolute atomic E-state index is 0.0264. The molecule has 0 bridgehead atoms. The van der Waals surface area contributed by atoms with E-state index in [1.807, 2.05) is 72.8 Å². The van der Waals surface area contributed by atoms with Crippen LogP contribution in [0.25, 0.3) is 11.1 Å². The lowest BCUT2D eigenvalue weighted by Crippen LogP contribution is -2.36. The maximum absolute atomic E-state index is 11.9. The maximum Gasteiger partial charge on any atom is 0.308 e. The Kier molecular flexibility index (Phi) is 8.96. The van der Waals surface area contributed by atoms with Gasteiger partial charge < -0.3 is 19.1 Å². The average molecular weight is 537 g/mol. The van der Waals surface area contributed by atoms with E-state index in [1.165, 1.54) is 7.11 Å². The summed E-state index contributed by atoms with van der Waals surface area (Å²) < 4.78 is 17.2. The summed E-state index contributed by atoms with van der Waals surface area (Å²) in [6.45, 7) is 0.853. The number of hydrogen-bond donors (Lipinski definition) is 0. The van der Waals surface area contributed by atoms with Crippen LogP contribution in [0, 0.1) is 5.92 Å². The van der Waals surface area contributed by atoms with Crippen LogP contribution in [0.5, 0.6) is 11.8 Å². The van der Waals surface area contributed by atoms with Crippen LogP contribution in [0.15, 0.2) is 97.1 Å². The van der Waals surface area contributed by atoms with E-state index < -0.39 is 0 Å². The molecule has 40 heavy (non-hydrogen) atoms. The Morgan fingerprint density at radius 3 is 1.98 bits per heavy atom. The van der Waals surface area contributed by atoms with E-state index >= 15 is 0 Å². The summed E-state index contributed by atoms with van der Waals surface area (Å²) in [6.07, 6.45) is 3.69. The molecule has 1 aliphatic carbocycles. The quantitative estimate of drug-likeness (QED) is 0.202. The first kappa shape index (κ1) is 27.3. The van der Waals surface area contributed by atoms with Gasteiger partial charge in [0.2, 0.25) is 11.8 Å². The van der Waals surface area contributed by atoms with Crippen molar-refractivity contribution in [1.29, 1.82) is 0 Å². The highest BCUT2D eigenvalue weighted by Gasteiger charge is 2.29. The number of pyridine rings is 1. The molecule has 4 aromatic rings. The van der Waals surface area contributed by atoms with Crippen molar-refractivity contribution in [2.24, 2.45) is 5.92 Å². The van der Waals surface area contributed by atoms with Crippen LogP contribution < -0.4 is 14.4 Å². The molecule has 0 saturated heterocycles. The molecule has 1 heterocycles. The minimum atomic E-state index is -0.0826. The number of anilines is 1. The highest BCUT2D eigenvalue weighted by atomic mass is 16.5. The fraction of sp³-hybridized carbons (Fsp3) is 0.294. The first-order valence-corrected chi connectivity index (χ1v) is 13.9. The number of benzene rings is 3. The predicted molar refractivity (Wildman–Crippen MR) is 157 cm³/mol. The van der Waals surface area contributed by atoms with Crippen molar-refractivity contribution in [3.63, 3.8) is 0 Å². The van der Waals surface area contributed by atoms with Crippen molar-refractivity contribution in [3.05, 3.63) is 108 Å². The standard InChI is InChI=1S/C34H36N2O4/c1-36(30-19-15-28(16-20-30)34(37)38-2)29-17-13-27(14-18-29)31-21-22-32(39-23-25-9-5-3-6-10-25)35-33(31)40-24-26-11-7-4-8-12-26/h3-14,17-18,21-22,28,30H,15-16,19-20,23-24H2,1-2H3. The molecule has 1 saturated carbocycles. The molecule has 206 valence electrons. The molecule has 0 atom stereocenters. The van der Waals surface area contributed by atoms with Gasteiger partial charge in [-0.15, -0.1) is 0 Å². The van der Waals surface area contributed by atoms with E-state index in [-0.39, 0.29) is 11.9 Å². The van der Waals surface area contributed by atoms with E-state index in [9.17, 15) is 4.79 Å². The minimum Gasteiger partial charge on any atom is -0.473 e. The maximum atomic E-state index is 11.9. The zero-order valence-electron chi connectivity index (χ0n) is 23.2. The van der Waals surface area contributed by atoms with Gasteiger partial charge in [-0.2, -0.15) is 4.98 Å². The van der Waals surface area contributed by atoms with Gasteiger partial charge in [0, 0.05) is 30.4 Å². The first-order chi connectivity index (χ1) is 19.6. The summed E-state index contributed by atoms with van der Waals surface area (Å²) >= 11 is 0. The van der Waals surface area contributed by atoms with Crippen LogP contribution in [-0.2, 0) is 22.7 Å². The molecule has 0 unspecified atom stereocenters. The third kappa shape index (κ3) is 6.81. The Balaban J connectivity index is 1.31. The number of methoxy groups -OCH3 is 1. The van der Waals surface area contributed by atoms with Crippen molar-refractivity contribution in [2.45, 2.75) is 44.9 Å². The van der Waals surface area contributed by atoms with Gasteiger partial charge in [-0.3, -0.25) is 4.79 Å². The molecule has 6 heteroatoms. The predicted octanol–water partition coefficient (Wildman–Crippen LogP) is 7.07. The second-order valence-electron chi connectivity index (χ2n) is 10.2. The van der Waals surface area contributed by atoms with E-state index in [2.05, 4.69) is 36.2 Å². The molecular weight excluding hydrogens is 500 g/mol. The second-order valence-corrected chi connectivity index (χ2v) is 10.2. The van der Waals surface area contributed by atoms with Gasteiger partial charge in [0.15, 0.2) is 0 Å². The molecule has 1 aliphatic rings. The summed E-state index contributed by atoms with van der Waals surface area (Å²) in [5.41, 5.74) is 5.24. The molecule has 0 radical (unpaired) electrons. The van der Waals surface area contributed by atoms with Crippen molar-refractivity contribution >= 4 is 11.7 Å². The van der Waals surface area contributed by atoms with Gasteiger partial charge >= 0.3 is 5.97 Å². The summed E-state index contributed by atoms with van der Waals surface area (Å²) in [7, 11) is 3.61. The van der Waals surface area contributed by atoms with Gasteiger partial charge in [0.25, 0.3) is 0 Å². The van der Waals surface area contributed by atoms with Crippen LogP contribution in [0.3, 0.4) is 0 Å². The lowest BCUT2D eigenvalue weighted by molar-refractivity contribution is -0.146. The van der Waals surface area contributed by atoms with Crippen molar-refractivity contribution in [2.75, 3.05) is 19.1 Å². The third-order valence-corrected chi connectivity index (χ3v) is 7.65.